The van der Waals surface area contributed by atoms with Gasteiger partial charge in [0, 0.05) is 39.3 Å². The van der Waals surface area contributed by atoms with Crippen molar-refractivity contribution in [2.75, 3.05) is 26.2 Å². The van der Waals surface area contributed by atoms with Gasteiger partial charge in [-0.05, 0) is 13.0 Å². The molecule has 1 aliphatic heterocycles. The normalized spacial score (nSPS) is 17.6. The van der Waals surface area contributed by atoms with Crippen molar-refractivity contribution in [3.05, 3.63) is 12.3 Å². The van der Waals surface area contributed by atoms with Crippen LogP contribution in [0.15, 0.2) is 12.3 Å². The fraction of sp³-hybridized carbons (Fsp3) is 0.600. The summed E-state index contributed by atoms with van der Waals surface area (Å²) in [7, 11) is 0. The summed E-state index contributed by atoms with van der Waals surface area (Å²) in [5.41, 5.74) is 0. The lowest BCUT2D eigenvalue weighted by Gasteiger charge is -2.33. The topological polar surface area (TPSA) is 40.6 Å². The Morgan fingerprint density at radius 1 is 1.07 bits per heavy atom. The number of ketones is 1. The average molecular weight is 196 g/mol. The van der Waals surface area contributed by atoms with Crippen LogP contribution in [0.2, 0.25) is 0 Å². The van der Waals surface area contributed by atoms with Gasteiger partial charge in [-0.1, -0.05) is 0 Å². The van der Waals surface area contributed by atoms with Crippen molar-refractivity contribution < 1.29 is 9.59 Å². The standard InChI is InChI=1S/C10H16N2O2/c1-9(13)3-4-11-5-7-12(8-6-11)10(2)14/h3-4H,5-8H2,1-2H3. The maximum absolute atomic E-state index is 11.0. The Balaban J connectivity index is 2.36. The van der Waals surface area contributed by atoms with E-state index in [2.05, 4.69) is 4.90 Å². The molecule has 0 aliphatic carbocycles. The molecule has 1 rings (SSSR count). The summed E-state index contributed by atoms with van der Waals surface area (Å²) >= 11 is 0. The van der Waals surface area contributed by atoms with E-state index in [1.165, 1.54) is 6.92 Å². The molecule has 14 heavy (non-hydrogen) atoms. The first-order chi connectivity index (χ1) is 6.59. The zero-order valence-corrected chi connectivity index (χ0v) is 8.69. The van der Waals surface area contributed by atoms with E-state index >= 15 is 0 Å². The van der Waals surface area contributed by atoms with Crippen molar-refractivity contribution >= 4 is 11.7 Å². The van der Waals surface area contributed by atoms with Crippen LogP contribution in [0.3, 0.4) is 0 Å². The summed E-state index contributed by atoms with van der Waals surface area (Å²) in [6.45, 7) is 6.23. The SMILES string of the molecule is CC(=O)C=CN1CCN(C(C)=O)CC1. The highest BCUT2D eigenvalue weighted by atomic mass is 16.2. The van der Waals surface area contributed by atoms with Crippen LogP contribution in [0.5, 0.6) is 0 Å². The van der Waals surface area contributed by atoms with Crippen molar-refractivity contribution in [2.24, 2.45) is 0 Å². The quantitative estimate of drug-likeness (QED) is 0.594. The molecule has 0 spiro atoms. The van der Waals surface area contributed by atoms with Gasteiger partial charge in [-0.3, -0.25) is 9.59 Å². The molecule has 0 saturated carbocycles. The van der Waals surface area contributed by atoms with E-state index < -0.39 is 0 Å². The van der Waals surface area contributed by atoms with Crippen LogP contribution in [-0.4, -0.2) is 47.7 Å². The van der Waals surface area contributed by atoms with Gasteiger partial charge in [0.2, 0.25) is 5.91 Å². The van der Waals surface area contributed by atoms with Crippen LogP contribution in [-0.2, 0) is 9.59 Å². The minimum atomic E-state index is 0.0546. The predicted molar refractivity (Wildman–Crippen MR) is 53.6 cm³/mol. The van der Waals surface area contributed by atoms with E-state index in [0.29, 0.717) is 0 Å². The summed E-state index contributed by atoms with van der Waals surface area (Å²) < 4.78 is 0. The van der Waals surface area contributed by atoms with Crippen LogP contribution in [0.25, 0.3) is 0 Å². The minimum Gasteiger partial charge on any atom is -0.374 e. The van der Waals surface area contributed by atoms with Gasteiger partial charge in [0.1, 0.15) is 0 Å². The number of amides is 1. The molecular weight excluding hydrogens is 180 g/mol. The van der Waals surface area contributed by atoms with Crippen LogP contribution >= 0.6 is 0 Å². The average Bonchev–Trinajstić information content (AvgIpc) is 2.15. The summed E-state index contributed by atoms with van der Waals surface area (Å²) in [6.07, 6.45) is 3.36. The lowest BCUT2D eigenvalue weighted by atomic mass is 10.3. The molecule has 1 amide bonds. The van der Waals surface area contributed by atoms with Gasteiger partial charge in [-0.25, -0.2) is 0 Å². The molecule has 4 heteroatoms. The van der Waals surface area contributed by atoms with E-state index in [-0.39, 0.29) is 11.7 Å². The number of piperazine rings is 1. The first kappa shape index (κ1) is 10.8. The Kier molecular flexibility index (Phi) is 3.68. The lowest BCUT2D eigenvalue weighted by molar-refractivity contribution is -0.130. The first-order valence-electron chi connectivity index (χ1n) is 4.78. The first-order valence-corrected chi connectivity index (χ1v) is 4.78. The fourth-order valence-electron chi connectivity index (χ4n) is 1.40. The van der Waals surface area contributed by atoms with E-state index in [0.717, 1.165) is 26.2 Å². The largest absolute Gasteiger partial charge is 0.374 e. The van der Waals surface area contributed by atoms with Crippen LogP contribution in [0, 0.1) is 0 Å². The maximum Gasteiger partial charge on any atom is 0.219 e. The fourth-order valence-corrected chi connectivity index (χ4v) is 1.40. The molecule has 0 N–H and O–H groups in total. The molecule has 0 aromatic heterocycles. The second-order valence-corrected chi connectivity index (χ2v) is 3.47. The highest BCUT2D eigenvalue weighted by molar-refractivity contribution is 5.87. The highest BCUT2D eigenvalue weighted by Gasteiger charge is 2.15. The van der Waals surface area contributed by atoms with Crippen molar-refractivity contribution in [2.45, 2.75) is 13.8 Å². The van der Waals surface area contributed by atoms with Crippen LogP contribution < -0.4 is 0 Å². The molecule has 1 saturated heterocycles. The van der Waals surface area contributed by atoms with Crippen LogP contribution in [0.4, 0.5) is 0 Å². The molecular formula is C10H16N2O2. The summed E-state index contributed by atoms with van der Waals surface area (Å²) in [4.78, 5) is 25.6. The van der Waals surface area contributed by atoms with Gasteiger partial charge < -0.3 is 9.80 Å². The zero-order chi connectivity index (χ0) is 10.6. The van der Waals surface area contributed by atoms with E-state index in [9.17, 15) is 9.59 Å². The number of rotatable bonds is 2. The molecule has 1 fully saturated rings. The maximum atomic E-state index is 11.0. The van der Waals surface area contributed by atoms with Gasteiger partial charge in [0.05, 0.1) is 0 Å². The summed E-state index contributed by atoms with van der Waals surface area (Å²) in [5.74, 6) is 0.180. The zero-order valence-electron chi connectivity index (χ0n) is 8.69. The molecule has 0 radical (unpaired) electrons. The Hall–Kier alpha value is -1.32. The number of hydrogen-bond acceptors (Lipinski definition) is 3. The van der Waals surface area contributed by atoms with Gasteiger partial charge >= 0.3 is 0 Å². The molecule has 1 aliphatic rings. The summed E-state index contributed by atoms with van der Waals surface area (Å²) in [6, 6.07) is 0. The van der Waals surface area contributed by atoms with Crippen molar-refractivity contribution in [1.82, 2.24) is 9.80 Å². The number of hydrogen-bond donors (Lipinski definition) is 0. The molecule has 4 nitrogen and oxygen atoms in total. The second kappa shape index (κ2) is 4.79. The van der Waals surface area contributed by atoms with E-state index in [1.54, 1.807) is 19.2 Å². The Morgan fingerprint density at radius 3 is 2.07 bits per heavy atom. The smallest absolute Gasteiger partial charge is 0.219 e. The highest BCUT2D eigenvalue weighted by Crippen LogP contribution is 2.02. The van der Waals surface area contributed by atoms with E-state index in [4.69, 9.17) is 0 Å². The Bertz CT molecular complexity index is 253. The summed E-state index contributed by atoms with van der Waals surface area (Å²) in [5, 5.41) is 0. The van der Waals surface area contributed by atoms with Crippen molar-refractivity contribution in [3.63, 3.8) is 0 Å². The molecule has 0 unspecified atom stereocenters. The van der Waals surface area contributed by atoms with Crippen LogP contribution in [0.1, 0.15) is 13.8 Å². The second-order valence-electron chi connectivity index (χ2n) is 3.47. The van der Waals surface area contributed by atoms with Crippen molar-refractivity contribution in [1.29, 1.82) is 0 Å². The number of allylic oxidation sites excluding steroid dienone is 1. The third-order valence-corrected chi connectivity index (χ3v) is 2.28. The lowest BCUT2D eigenvalue weighted by Crippen LogP contribution is -2.45. The van der Waals surface area contributed by atoms with Crippen molar-refractivity contribution in [3.8, 4) is 0 Å². The van der Waals surface area contributed by atoms with Gasteiger partial charge in [0.25, 0.3) is 0 Å². The number of carbonyl (C=O) groups is 2. The molecule has 0 atom stereocenters. The Morgan fingerprint density at radius 2 is 1.64 bits per heavy atom. The Labute approximate surface area is 84.2 Å². The molecule has 0 aromatic carbocycles. The van der Waals surface area contributed by atoms with Gasteiger partial charge in [0.15, 0.2) is 5.78 Å². The number of carbonyl (C=O) groups excluding carboxylic acids is 2. The molecule has 1 heterocycles. The third kappa shape index (κ3) is 3.20. The molecule has 0 aromatic rings. The minimum absolute atomic E-state index is 0.0546. The van der Waals surface area contributed by atoms with E-state index in [1.807, 2.05) is 4.90 Å². The van der Waals surface area contributed by atoms with Gasteiger partial charge in [-0.2, -0.15) is 0 Å². The predicted octanol–water partition coefficient (Wildman–Crippen LogP) is 0.253. The molecule has 0 bridgehead atoms. The number of nitrogens with zero attached hydrogens (tertiary/aromatic N) is 2. The third-order valence-electron chi connectivity index (χ3n) is 2.28. The molecule has 78 valence electrons. The monoisotopic (exact) mass is 196 g/mol. The van der Waals surface area contributed by atoms with Gasteiger partial charge in [-0.15, -0.1) is 0 Å².